The summed E-state index contributed by atoms with van der Waals surface area (Å²) in [6.07, 6.45) is 5.58. The van der Waals surface area contributed by atoms with Gasteiger partial charge in [-0.05, 0) is 25.7 Å². The second-order valence-electron chi connectivity index (χ2n) is 3.33. The molecular formula is C8H10O2. The molecule has 2 nitrogen and oxygen atoms in total. The van der Waals surface area contributed by atoms with Crippen LogP contribution in [-0.4, -0.2) is 11.1 Å². The van der Waals surface area contributed by atoms with E-state index in [2.05, 4.69) is 6.08 Å². The van der Waals surface area contributed by atoms with Gasteiger partial charge in [0, 0.05) is 0 Å². The zero-order chi connectivity index (χ0) is 7.19. The van der Waals surface area contributed by atoms with Crippen molar-refractivity contribution < 1.29 is 9.90 Å². The number of carboxylic acids is 1. The highest BCUT2D eigenvalue weighted by molar-refractivity contribution is 5.77. The van der Waals surface area contributed by atoms with Crippen molar-refractivity contribution in [3.63, 3.8) is 0 Å². The van der Waals surface area contributed by atoms with Crippen LogP contribution in [0.1, 0.15) is 25.7 Å². The molecule has 0 amide bonds. The van der Waals surface area contributed by atoms with Crippen molar-refractivity contribution in [2.24, 2.45) is 5.41 Å². The SMILES string of the molecule is O=C(O)C12CC=C(CC1)C2. The predicted molar refractivity (Wildman–Crippen MR) is 36.6 cm³/mol. The lowest BCUT2D eigenvalue weighted by Gasteiger charge is -2.18. The van der Waals surface area contributed by atoms with Crippen LogP contribution in [0.5, 0.6) is 0 Å². The molecule has 0 aromatic rings. The van der Waals surface area contributed by atoms with Crippen molar-refractivity contribution >= 4 is 5.97 Å². The predicted octanol–water partition coefficient (Wildman–Crippen LogP) is 1.57. The van der Waals surface area contributed by atoms with Gasteiger partial charge in [-0.25, -0.2) is 0 Å². The van der Waals surface area contributed by atoms with E-state index in [0.717, 1.165) is 25.7 Å². The molecule has 0 spiro atoms. The minimum atomic E-state index is -0.601. The summed E-state index contributed by atoms with van der Waals surface area (Å²) in [5.41, 5.74) is 0.998. The second kappa shape index (κ2) is 1.62. The van der Waals surface area contributed by atoms with Crippen LogP contribution in [0.2, 0.25) is 0 Å². The molecule has 0 aromatic heterocycles. The van der Waals surface area contributed by atoms with Gasteiger partial charge in [-0.3, -0.25) is 4.79 Å². The van der Waals surface area contributed by atoms with Crippen LogP contribution in [0.3, 0.4) is 0 Å². The standard InChI is InChI=1S/C8H10O2/c9-7(10)8-3-1-6(5-8)2-4-8/h1H,2-5H2,(H,9,10). The highest BCUT2D eigenvalue weighted by Crippen LogP contribution is 2.50. The number of allylic oxidation sites excluding steroid dienone is 2. The van der Waals surface area contributed by atoms with Crippen molar-refractivity contribution in [2.45, 2.75) is 25.7 Å². The van der Waals surface area contributed by atoms with Crippen molar-refractivity contribution in [3.05, 3.63) is 11.6 Å². The first-order valence-corrected chi connectivity index (χ1v) is 3.64. The molecule has 1 unspecified atom stereocenters. The molecule has 2 bridgehead atoms. The summed E-state index contributed by atoms with van der Waals surface area (Å²) < 4.78 is 0. The van der Waals surface area contributed by atoms with E-state index in [1.54, 1.807) is 0 Å². The highest BCUT2D eigenvalue weighted by Gasteiger charge is 2.45. The van der Waals surface area contributed by atoms with E-state index in [1.165, 1.54) is 5.57 Å². The molecular weight excluding hydrogens is 128 g/mol. The normalized spacial score (nSPS) is 36.2. The molecule has 0 saturated heterocycles. The summed E-state index contributed by atoms with van der Waals surface area (Å²) in [7, 11) is 0. The Kier molecular flexibility index (Phi) is 0.967. The van der Waals surface area contributed by atoms with Gasteiger partial charge in [-0.1, -0.05) is 11.6 Å². The monoisotopic (exact) mass is 138 g/mol. The van der Waals surface area contributed by atoms with E-state index in [9.17, 15) is 4.79 Å². The lowest BCUT2D eigenvalue weighted by molar-refractivity contribution is -0.148. The Bertz CT molecular complexity index is 217. The zero-order valence-electron chi connectivity index (χ0n) is 5.76. The molecule has 0 aliphatic heterocycles. The quantitative estimate of drug-likeness (QED) is 0.558. The third-order valence-electron chi connectivity index (χ3n) is 2.73. The highest BCUT2D eigenvalue weighted by atomic mass is 16.4. The van der Waals surface area contributed by atoms with Crippen LogP contribution in [0.25, 0.3) is 0 Å². The molecule has 0 heterocycles. The molecule has 0 radical (unpaired) electrons. The number of fused-ring (bicyclic) bond motifs is 2. The van der Waals surface area contributed by atoms with E-state index in [-0.39, 0.29) is 5.41 Å². The molecule has 2 heteroatoms. The van der Waals surface area contributed by atoms with Gasteiger partial charge < -0.3 is 5.11 Å². The molecule has 1 atom stereocenters. The van der Waals surface area contributed by atoms with Crippen LogP contribution in [0, 0.1) is 5.41 Å². The Morgan fingerprint density at radius 3 is 2.70 bits per heavy atom. The summed E-state index contributed by atoms with van der Waals surface area (Å²) in [5.74, 6) is -0.601. The van der Waals surface area contributed by atoms with E-state index in [0.29, 0.717) is 0 Å². The van der Waals surface area contributed by atoms with Gasteiger partial charge in [0.05, 0.1) is 5.41 Å². The second-order valence-corrected chi connectivity index (χ2v) is 3.33. The molecule has 2 aliphatic carbocycles. The summed E-state index contributed by atoms with van der Waals surface area (Å²) in [5, 5.41) is 8.86. The van der Waals surface area contributed by atoms with E-state index in [4.69, 9.17) is 5.11 Å². The van der Waals surface area contributed by atoms with Gasteiger partial charge in [-0.2, -0.15) is 0 Å². The van der Waals surface area contributed by atoms with Crippen molar-refractivity contribution in [1.29, 1.82) is 0 Å². The van der Waals surface area contributed by atoms with Crippen LogP contribution in [-0.2, 0) is 4.79 Å². The average molecular weight is 138 g/mol. The van der Waals surface area contributed by atoms with Gasteiger partial charge in [0.25, 0.3) is 0 Å². The molecule has 54 valence electrons. The summed E-state index contributed by atoms with van der Waals surface area (Å²) in [6, 6.07) is 0. The number of rotatable bonds is 1. The molecule has 1 N–H and O–H groups in total. The maximum absolute atomic E-state index is 10.7. The average Bonchev–Trinajstić information content (AvgIpc) is 2.45. The first-order valence-electron chi connectivity index (χ1n) is 3.64. The van der Waals surface area contributed by atoms with Crippen molar-refractivity contribution in [1.82, 2.24) is 0 Å². The molecule has 10 heavy (non-hydrogen) atoms. The minimum Gasteiger partial charge on any atom is -0.481 e. The third-order valence-corrected chi connectivity index (χ3v) is 2.73. The molecule has 0 aromatic carbocycles. The van der Waals surface area contributed by atoms with E-state index >= 15 is 0 Å². The first-order chi connectivity index (χ1) is 4.73. The molecule has 1 fully saturated rings. The summed E-state index contributed by atoms with van der Waals surface area (Å²) in [6.45, 7) is 0. The third kappa shape index (κ3) is 0.564. The number of hydrogen-bond donors (Lipinski definition) is 1. The summed E-state index contributed by atoms with van der Waals surface area (Å²) in [4.78, 5) is 10.7. The Morgan fingerprint density at radius 1 is 1.70 bits per heavy atom. The van der Waals surface area contributed by atoms with Crippen LogP contribution >= 0.6 is 0 Å². The lowest BCUT2D eigenvalue weighted by Crippen LogP contribution is -2.25. The lowest BCUT2D eigenvalue weighted by atomic mass is 9.85. The van der Waals surface area contributed by atoms with Gasteiger partial charge in [0.1, 0.15) is 0 Å². The fourth-order valence-corrected chi connectivity index (χ4v) is 1.97. The number of carboxylic acid groups (broad SMARTS) is 1. The van der Waals surface area contributed by atoms with Crippen molar-refractivity contribution in [2.75, 3.05) is 0 Å². The van der Waals surface area contributed by atoms with Gasteiger partial charge in [0.15, 0.2) is 0 Å². The number of carbonyl (C=O) groups is 1. The van der Waals surface area contributed by atoms with Gasteiger partial charge in [-0.15, -0.1) is 0 Å². The van der Waals surface area contributed by atoms with Gasteiger partial charge in [0.2, 0.25) is 0 Å². The molecule has 2 aliphatic rings. The minimum absolute atomic E-state index is 0.366. The Labute approximate surface area is 59.5 Å². The van der Waals surface area contributed by atoms with E-state index < -0.39 is 5.97 Å². The smallest absolute Gasteiger partial charge is 0.310 e. The maximum atomic E-state index is 10.7. The zero-order valence-corrected chi connectivity index (χ0v) is 5.76. The number of aliphatic carboxylic acids is 1. The molecule has 2 rings (SSSR count). The maximum Gasteiger partial charge on any atom is 0.310 e. The van der Waals surface area contributed by atoms with Crippen LogP contribution < -0.4 is 0 Å². The fourth-order valence-electron chi connectivity index (χ4n) is 1.97. The van der Waals surface area contributed by atoms with E-state index in [1.807, 2.05) is 0 Å². The van der Waals surface area contributed by atoms with Crippen LogP contribution in [0.4, 0.5) is 0 Å². The topological polar surface area (TPSA) is 37.3 Å². The van der Waals surface area contributed by atoms with Gasteiger partial charge >= 0.3 is 5.97 Å². The van der Waals surface area contributed by atoms with Crippen LogP contribution in [0.15, 0.2) is 11.6 Å². The largest absolute Gasteiger partial charge is 0.481 e. The van der Waals surface area contributed by atoms with Crippen molar-refractivity contribution in [3.8, 4) is 0 Å². The fraction of sp³-hybridized carbons (Fsp3) is 0.625. The first kappa shape index (κ1) is 5.96. The Hall–Kier alpha value is -0.790. The Balaban J connectivity index is 2.29. The molecule has 1 saturated carbocycles. The number of hydrogen-bond acceptors (Lipinski definition) is 1. The summed E-state index contributed by atoms with van der Waals surface area (Å²) >= 11 is 0. The Morgan fingerprint density at radius 2 is 2.50 bits per heavy atom.